The van der Waals surface area contributed by atoms with Crippen molar-refractivity contribution >= 4 is 51.5 Å². The number of nitrogens with one attached hydrogen (secondary N) is 2. The van der Waals surface area contributed by atoms with E-state index < -0.39 is 23.4 Å². The number of carboxylic acids is 1. The highest BCUT2D eigenvalue weighted by Crippen LogP contribution is 2.16. The van der Waals surface area contributed by atoms with Crippen LogP contribution in [0.5, 0.6) is 0 Å². The Balaban J connectivity index is 1.98. The van der Waals surface area contributed by atoms with Crippen LogP contribution < -0.4 is 10.6 Å². The van der Waals surface area contributed by atoms with E-state index >= 15 is 0 Å². The van der Waals surface area contributed by atoms with E-state index in [9.17, 15) is 29.1 Å². The Labute approximate surface area is 199 Å². The van der Waals surface area contributed by atoms with Crippen LogP contribution in [0.4, 0.5) is 0 Å². The minimum atomic E-state index is -2.05. The van der Waals surface area contributed by atoms with Gasteiger partial charge in [-0.2, -0.15) is 0 Å². The van der Waals surface area contributed by atoms with E-state index in [0.29, 0.717) is 17.5 Å². The van der Waals surface area contributed by atoms with Gasteiger partial charge in [0.05, 0.1) is 11.5 Å². The highest BCUT2D eigenvalue weighted by atomic mass is 32.2. The Kier molecular flexibility index (Phi) is 10.1. The molecule has 0 fully saturated rings. The molecular weight excluding hydrogens is 464 g/mol. The largest absolute Gasteiger partial charge is 0.478 e. The molecule has 0 saturated carbocycles. The number of aliphatic carboxylic acids is 1. The predicted molar refractivity (Wildman–Crippen MR) is 128 cm³/mol. The van der Waals surface area contributed by atoms with E-state index in [1.54, 1.807) is 67.6 Å². The Morgan fingerprint density at radius 1 is 0.758 bits per heavy atom. The summed E-state index contributed by atoms with van der Waals surface area (Å²) < 4.78 is 0. The molecule has 0 spiro atoms. The third-order valence-electron chi connectivity index (χ3n) is 4.38. The Morgan fingerprint density at radius 2 is 1.15 bits per heavy atom. The molecule has 0 aliphatic heterocycles. The summed E-state index contributed by atoms with van der Waals surface area (Å²) in [5.41, 5.74) is -1.21. The number of rotatable bonds is 11. The van der Waals surface area contributed by atoms with Crippen LogP contribution in [0, 0.1) is 0 Å². The lowest BCUT2D eigenvalue weighted by atomic mass is 10.0. The molecule has 0 bridgehead atoms. The minimum Gasteiger partial charge on any atom is -0.478 e. The van der Waals surface area contributed by atoms with Gasteiger partial charge in [-0.3, -0.25) is 19.2 Å². The highest BCUT2D eigenvalue weighted by Gasteiger charge is 2.41. The van der Waals surface area contributed by atoms with Crippen molar-refractivity contribution in [3.8, 4) is 0 Å². The zero-order valence-electron chi connectivity index (χ0n) is 17.9. The molecule has 2 amide bonds. The molecule has 0 heterocycles. The summed E-state index contributed by atoms with van der Waals surface area (Å²) in [7, 11) is 0. The molecule has 10 heteroatoms. The van der Waals surface area contributed by atoms with Crippen LogP contribution in [0.1, 0.15) is 40.5 Å². The zero-order chi connectivity index (χ0) is 24.3. The Bertz CT molecular complexity index is 929. The van der Waals surface area contributed by atoms with Crippen molar-refractivity contribution in [3.05, 3.63) is 71.8 Å². The quantitative estimate of drug-likeness (QED) is 0.412. The van der Waals surface area contributed by atoms with Crippen LogP contribution in [0.25, 0.3) is 0 Å². The van der Waals surface area contributed by atoms with E-state index in [1.807, 2.05) is 0 Å². The number of benzene rings is 2. The number of carbonyl (C=O) groups excluding carboxylic acids is 4. The molecule has 0 unspecified atom stereocenters. The molecule has 0 aliphatic rings. The lowest BCUT2D eigenvalue weighted by Crippen LogP contribution is -2.66. The summed E-state index contributed by atoms with van der Waals surface area (Å²) in [6.07, 6.45) is 0.271. The molecular formula is C23H24N2O6S2. The first-order chi connectivity index (χ1) is 15.8. The molecule has 174 valence electrons. The van der Waals surface area contributed by atoms with Crippen molar-refractivity contribution in [2.45, 2.75) is 25.4 Å². The van der Waals surface area contributed by atoms with E-state index in [1.165, 1.54) is 0 Å². The van der Waals surface area contributed by atoms with Crippen LogP contribution in [0.15, 0.2) is 60.7 Å². The van der Waals surface area contributed by atoms with Gasteiger partial charge in [0.2, 0.25) is 27.7 Å². The predicted octanol–water partition coefficient (Wildman–Crippen LogP) is 2.95. The summed E-state index contributed by atoms with van der Waals surface area (Å²) in [6, 6.07) is 16.7. The van der Waals surface area contributed by atoms with Crippen LogP contribution in [0.2, 0.25) is 0 Å². The second kappa shape index (κ2) is 12.8. The average Bonchev–Trinajstić information content (AvgIpc) is 2.82. The topological polar surface area (TPSA) is 130 Å². The zero-order valence-corrected chi connectivity index (χ0v) is 19.5. The molecule has 2 aromatic rings. The smallest absolute Gasteiger partial charge is 0.350 e. The molecule has 0 saturated heterocycles. The molecule has 2 rings (SSSR count). The molecule has 8 nitrogen and oxygen atoms in total. The normalized spacial score (nSPS) is 10.8. The van der Waals surface area contributed by atoms with Crippen molar-refractivity contribution < 1.29 is 29.1 Å². The van der Waals surface area contributed by atoms with Crippen molar-refractivity contribution in [1.29, 1.82) is 0 Å². The number of hydrogen-bond acceptors (Lipinski definition) is 7. The van der Waals surface area contributed by atoms with Gasteiger partial charge in [-0.25, -0.2) is 4.79 Å². The fraction of sp³-hybridized carbons (Fsp3) is 0.261. The van der Waals surface area contributed by atoms with Crippen molar-refractivity contribution in [3.63, 3.8) is 0 Å². The molecule has 2 aromatic carbocycles. The first-order valence-electron chi connectivity index (χ1n) is 10.1. The number of hydrogen-bond donors (Lipinski definition) is 3. The van der Waals surface area contributed by atoms with Crippen LogP contribution in [0.3, 0.4) is 0 Å². The van der Waals surface area contributed by atoms with E-state index in [-0.39, 0.29) is 28.2 Å². The van der Waals surface area contributed by atoms with Gasteiger partial charge < -0.3 is 15.7 Å². The third kappa shape index (κ3) is 8.07. The lowest BCUT2D eigenvalue weighted by Gasteiger charge is -2.31. The van der Waals surface area contributed by atoms with E-state index in [4.69, 9.17) is 0 Å². The number of carboxylic acid groups (broad SMARTS) is 1. The van der Waals surface area contributed by atoms with Gasteiger partial charge in [-0.15, -0.1) is 0 Å². The molecule has 0 radical (unpaired) electrons. The van der Waals surface area contributed by atoms with Gasteiger partial charge >= 0.3 is 5.97 Å². The second-order valence-corrected chi connectivity index (χ2v) is 8.84. The second-order valence-electron chi connectivity index (χ2n) is 6.94. The maximum Gasteiger partial charge on any atom is 0.350 e. The van der Waals surface area contributed by atoms with Crippen LogP contribution >= 0.6 is 23.5 Å². The van der Waals surface area contributed by atoms with Crippen LogP contribution in [-0.4, -0.2) is 50.3 Å². The number of carbonyl (C=O) groups is 5. The van der Waals surface area contributed by atoms with Gasteiger partial charge in [0.15, 0.2) is 0 Å². The molecule has 3 N–H and O–H groups in total. The van der Waals surface area contributed by atoms with Gasteiger partial charge in [0, 0.05) is 17.5 Å². The van der Waals surface area contributed by atoms with Gasteiger partial charge in [0.25, 0.3) is 0 Å². The Hall–Kier alpha value is -3.11. The van der Waals surface area contributed by atoms with E-state index in [0.717, 1.165) is 23.5 Å². The fourth-order valence-electron chi connectivity index (χ4n) is 2.87. The Morgan fingerprint density at radius 3 is 1.48 bits per heavy atom. The first-order valence-corrected chi connectivity index (χ1v) is 12.0. The summed E-state index contributed by atoms with van der Waals surface area (Å²) >= 11 is 1.47. The summed E-state index contributed by atoms with van der Waals surface area (Å²) in [5.74, 6) is -3.50. The standard InChI is InChI=1S/C23H24N2O6S2/c1-2-13-23(22(30)31,24-18(26)14-32-20(28)16-9-5-3-6-10-16)25-19(27)15-33-21(29)17-11-7-4-8-12-17/h3-12H,2,13-15H2,1H3,(H,24,26)(H,25,27)(H,30,31). The first kappa shape index (κ1) is 26.1. The molecule has 0 aliphatic carbocycles. The SMILES string of the molecule is CCCC(NC(=O)CSC(=O)c1ccccc1)(NC(=O)CSC(=O)c1ccccc1)C(=O)O. The fourth-order valence-corrected chi connectivity index (χ4v) is 4.14. The maximum atomic E-state index is 12.4. The van der Waals surface area contributed by atoms with Crippen molar-refractivity contribution in [2.24, 2.45) is 0 Å². The van der Waals surface area contributed by atoms with E-state index in [2.05, 4.69) is 10.6 Å². The third-order valence-corrected chi connectivity index (χ3v) is 6.19. The average molecular weight is 489 g/mol. The lowest BCUT2D eigenvalue weighted by molar-refractivity contribution is -0.151. The van der Waals surface area contributed by atoms with Gasteiger partial charge in [-0.05, 0) is 0 Å². The molecule has 0 atom stereocenters. The number of amides is 2. The maximum absolute atomic E-state index is 12.4. The van der Waals surface area contributed by atoms with Crippen molar-refractivity contribution in [1.82, 2.24) is 10.6 Å². The number of thioether (sulfide) groups is 2. The van der Waals surface area contributed by atoms with Gasteiger partial charge in [-0.1, -0.05) is 97.5 Å². The summed E-state index contributed by atoms with van der Waals surface area (Å²) in [4.78, 5) is 61.3. The van der Waals surface area contributed by atoms with Crippen molar-refractivity contribution in [2.75, 3.05) is 11.5 Å². The summed E-state index contributed by atoms with van der Waals surface area (Å²) in [5, 5.41) is 13.8. The molecule has 0 aromatic heterocycles. The molecule has 33 heavy (non-hydrogen) atoms. The van der Waals surface area contributed by atoms with Crippen LogP contribution in [-0.2, 0) is 14.4 Å². The monoisotopic (exact) mass is 488 g/mol. The summed E-state index contributed by atoms with van der Waals surface area (Å²) in [6.45, 7) is 1.71. The van der Waals surface area contributed by atoms with Gasteiger partial charge in [0.1, 0.15) is 0 Å². The highest BCUT2D eigenvalue weighted by molar-refractivity contribution is 8.14. The minimum absolute atomic E-state index is 0.0750.